The molecule has 112 valence electrons. The fraction of sp³-hybridized carbons (Fsp3) is 0.375. The molecule has 5 heteroatoms. The maximum absolute atomic E-state index is 5.93. The third kappa shape index (κ3) is 3.85. The lowest BCUT2D eigenvalue weighted by atomic mass is 10.1. The van der Waals surface area contributed by atoms with Crippen LogP contribution >= 0.6 is 11.6 Å². The molecule has 0 aliphatic heterocycles. The third-order valence-corrected chi connectivity index (χ3v) is 3.58. The first-order valence-electron chi connectivity index (χ1n) is 7.12. The van der Waals surface area contributed by atoms with E-state index >= 15 is 0 Å². The molecule has 0 aliphatic rings. The van der Waals surface area contributed by atoms with Gasteiger partial charge in [-0.15, -0.1) is 0 Å². The molecular formula is C16H21ClN4. The van der Waals surface area contributed by atoms with Crippen LogP contribution in [0.4, 0.5) is 11.6 Å². The van der Waals surface area contributed by atoms with Crippen molar-refractivity contribution in [1.82, 2.24) is 9.97 Å². The van der Waals surface area contributed by atoms with Gasteiger partial charge in [-0.3, -0.25) is 0 Å². The standard InChI is InChI=1S/C16H21ClN4/c1-5-18-15-10(2)16(21-12(4)20-15)19-11(3)13-6-8-14(17)9-7-13/h6-9,11H,5H2,1-4H3,(H2,18,19,20,21). The van der Waals surface area contributed by atoms with Crippen LogP contribution in [-0.4, -0.2) is 16.5 Å². The van der Waals surface area contributed by atoms with Crippen LogP contribution in [0, 0.1) is 13.8 Å². The lowest BCUT2D eigenvalue weighted by Crippen LogP contribution is -2.12. The lowest BCUT2D eigenvalue weighted by Gasteiger charge is -2.18. The first-order chi connectivity index (χ1) is 10.0. The molecule has 1 atom stereocenters. The SMILES string of the molecule is CCNc1nc(C)nc(NC(C)c2ccc(Cl)cc2)c1C. The van der Waals surface area contributed by atoms with Crippen molar-refractivity contribution in [1.29, 1.82) is 0 Å². The number of aromatic nitrogens is 2. The largest absolute Gasteiger partial charge is 0.370 e. The highest BCUT2D eigenvalue weighted by Crippen LogP contribution is 2.25. The van der Waals surface area contributed by atoms with E-state index in [4.69, 9.17) is 11.6 Å². The first kappa shape index (κ1) is 15.6. The van der Waals surface area contributed by atoms with Crippen LogP contribution in [0.3, 0.4) is 0 Å². The Balaban J connectivity index is 2.24. The van der Waals surface area contributed by atoms with Crippen LogP contribution in [0.1, 0.15) is 36.8 Å². The molecular weight excluding hydrogens is 284 g/mol. The van der Waals surface area contributed by atoms with Gasteiger partial charge < -0.3 is 10.6 Å². The van der Waals surface area contributed by atoms with E-state index in [2.05, 4.69) is 34.4 Å². The predicted molar refractivity (Wildman–Crippen MR) is 89.2 cm³/mol. The van der Waals surface area contributed by atoms with Crippen molar-refractivity contribution in [3.05, 3.63) is 46.2 Å². The molecule has 4 nitrogen and oxygen atoms in total. The van der Waals surface area contributed by atoms with E-state index in [1.54, 1.807) is 0 Å². The summed E-state index contributed by atoms with van der Waals surface area (Å²) in [6, 6.07) is 7.99. The summed E-state index contributed by atoms with van der Waals surface area (Å²) < 4.78 is 0. The van der Waals surface area contributed by atoms with Gasteiger partial charge in [-0.25, -0.2) is 9.97 Å². The van der Waals surface area contributed by atoms with Crippen LogP contribution in [0.5, 0.6) is 0 Å². The molecule has 1 heterocycles. The lowest BCUT2D eigenvalue weighted by molar-refractivity contribution is 0.862. The molecule has 1 aromatic heterocycles. The second kappa shape index (κ2) is 6.76. The minimum atomic E-state index is 0.143. The van der Waals surface area contributed by atoms with E-state index in [1.165, 1.54) is 5.56 Å². The zero-order valence-corrected chi connectivity index (χ0v) is 13.6. The monoisotopic (exact) mass is 304 g/mol. The molecule has 1 aromatic carbocycles. The van der Waals surface area contributed by atoms with Crippen LogP contribution in [0.15, 0.2) is 24.3 Å². The van der Waals surface area contributed by atoms with E-state index in [1.807, 2.05) is 38.1 Å². The van der Waals surface area contributed by atoms with Gasteiger partial charge in [0.25, 0.3) is 0 Å². The Morgan fingerprint density at radius 3 is 2.33 bits per heavy atom. The number of anilines is 2. The van der Waals surface area contributed by atoms with Crippen molar-refractivity contribution < 1.29 is 0 Å². The molecule has 0 saturated heterocycles. The highest BCUT2D eigenvalue weighted by molar-refractivity contribution is 6.30. The van der Waals surface area contributed by atoms with Gasteiger partial charge in [-0.2, -0.15) is 0 Å². The normalized spacial score (nSPS) is 12.0. The number of hydrogen-bond donors (Lipinski definition) is 2. The van der Waals surface area contributed by atoms with Crippen molar-refractivity contribution in [2.24, 2.45) is 0 Å². The Hall–Kier alpha value is -1.81. The minimum Gasteiger partial charge on any atom is -0.370 e. The molecule has 0 amide bonds. The highest BCUT2D eigenvalue weighted by atomic mass is 35.5. The van der Waals surface area contributed by atoms with Gasteiger partial charge in [0.2, 0.25) is 0 Å². The Bertz CT molecular complexity index is 610. The van der Waals surface area contributed by atoms with Gasteiger partial charge in [0.15, 0.2) is 0 Å². The number of nitrogens with one attached hydrogen (secondary N) is 2. The summed E-state index contributed by atoms with van der Waals surface area (Å²) in [6.45, 7) is 8.92. The average molecular weight is 305 g/mol. The Labute approximate surface area is 131 Å². The molecule has 0 saturated carbocycles. The number of aryl methyl sites for hydroxylation is 1. The van der Waals surface area contributed by atoms with Crippen LogP contribution in [-0.2, 0) is 0 Å². The van der Waals surface area contributed by atoms with Crippen LogP contribution in [0.2, 0.25) is 5.02 Å². The van der Waals surface area contributed by atoms with Gasteiger partial charge >= 0.3 is 0 Å². The van der Waals surface area contributed by atoms with Gasteiger partial charge in [-0.1, -0.05) is 23.7 Å². The fourth-order valence-corrected chi connectivity index (χ4v) is 2.27. The predicted octanol–water partition coefficient (Wildman–Crippen LogP) is 4.35. The smallest absolute Gasteiger partial charge is 0.135 e. The number of benzene rings is 1. The number of halogens is 1. The van der Waals surface area contributed by atoms with Crippen molar-refractivity contribution in [2.75, 3.05) is 17.2 Å². The molecule has 21 heavy (non-hydrogen) atoms. The highest BCUT2D eigenvalue weighted by Gasteiger charge is 2.12. The molecule has 0 bridgehead atoms. The summed E-state index contributed by atoms with van der Waals surface area (Å²) in [5, 5.41) is 7.47. The first-order valence-corrected chi connectivity index (χ1v) is 7.50. The van der Waals surface area contributed by atoms with Crippen LogP contribution in [0.25, 0.3) is 0 Å². The molecule has 0 fully saturated rings. The van der Waals surface area contributed by atoms with Gasteiger partial charge in [0, 0.05) is 23.2 Å². The topological polar surface area (TPSA) is 49.8 Å². The Morgan fingerprint density at radius 1 is 1.10 bits per heavy atom. The molecule has 2 rings (SSSR count). The second-order valence-corrected chi connectivity index (χ2v) is 5.48. The van der Waals surface area contributed by atoms with Crippen LogP contribution < -0.4 is 10.6 Å². The van der Waals surface area contributed by atoms with E-state index in [0.29, 0.717) is 0 Å². The average Bonchev–Trinajstić information content (AvgIpc) is 2.44. The zero-order chi connectivity index (χ0) is 15.4. The summed E-state index contributed by atoms with van der Waals surface area (Å²) in [5.74, 6) is 2.50. The summed E-state index contributed by atoms with van der Waals surface area (Å²) in [4.78, 5) is 8.95. The van der Waals surface area contributed by atoms with Gasteiger partial charge in [0.1, 0.15) is 17.5 Å². The molecule has 2 N–H and O–H groups in total. The van der Waals surface area contributed by atoms with Crippen molar-refractivity contribution in [3.63, 3.8) is 0 Å². The van der Waals surface area contributed by atoms with E-state index in [9.17, 15) is 0 Å². The quantitative estimate of drug-likeness (QED) is 0.862. The number of nitrogens with zero attached hydrogens (tertiary/aromatic N) is 2. The van der Waals surface area contributed by atoms with Gasteiger partial charge in [0.05, 0.1) is 0 Å². The molecule has 1 unspecified atom stereocenters. The van der Waals surface area contributed by atoms with Crippen molar-refractivity contribution >= 4 is 23.2 Å². The molecule has 2 aromatic rings. The summed E-state index contributed by atoms with van der Waals surface area (Å²) in [5.41, 5.74) is 2.20. The summed E-state index contributed by atoms with van der Waals surface area (Å²) in [6.07, 6.45) is 0. The maximum Gasteiger partial charge on any atom is 0.135 e. The van der Waals surface area contributed by atoms with E-state index < -0.39 is 0 Å². The Kier molecular flexibility index (Phi) is 5.02. The second-order valence-electron chi connectivity index (χ2n) is 5.04. The van der Waals surface area contributed by atoms with Crippen molar-refractivity contribution in [3.8, 4) is 0 Å². The summed E-state index contributed by atoms with van der Waals surface area (Å²) in [7, 11) is 0. The number of rotatable bonds is 5. The fourth-order valence-electron chi connectivity index (χ4n) is 2.15. The number of hydrogen-bond acceptors (Lipinski definition) is 4. The van der Waals surface area contributed by atoms with Gasteiger partial charge in [-0.05, 0) is 45.4 Å². The maximum atomic E-state index is 5.93. The zero-order valence-electron chi connectivity index (χ0n) is 12.9. The minimum absolute atomic E-state index is 0.143. The molecule has 0 spiro atoms. The Morgan fingerprint density at radius 2 is 1.71 bits per heavy atom. The third-order valence-electron chi connectivity index (χ3n) is 3.33. The molecule has 0 radical (unpaired) electrons. The van der Waals surface area contributed by atoms with E-state index in [-0.39, 0.29) is 6.04 Å². The molecule has 0 aliphatic carbocycles. The van der Waals surface area contributed by atoms with Crippen molar-refractivity contribution in [2.45, 2.75) is 33.7 Å². The summed E-state index contributed by atoms with van der Waals surface area (Å²) >= 11 is 5.93. The van der Waals surface area contributed by atoms with E-state index in [0.717, 1.165) is 34.6 Å².